The number of hydrazine groups is 1. The molecule has 0 radical (unpaired) electrons. The highest BCUT2D eigenvalue weighted by Gasteiger charge is 2.26. The lowest BCUT2D eigenvalue weighted by Crippen LogP contribution is -2.44. The van der Waals surface area contributed by atoms with Crippen molar-refractivity contribution in [2.24, 2.45) is 0 Å². The van der Waals surface area contributed by atoms with Gasteiger partial charge in [-0.1, -0.05) is 12.2 Å². The van der Waals surface area contributed by atoms with E-state index in [0.717, 1.165) is 74.7 Å². The zero-order valence-electron chi connectivity index (χ0n) is 16.1. The molecule has 28 heavy (non-hydrogen) atoms. The van der Waals surface area contributed by atoms with Gasteiger partial charge in [-0.15, -0.1) is 0 Å². The molecule has 2 aliphatic carbocycles. The van der Waals surface area contributed by atoms with Crippen LogP contribution in [0.3, 0.4) is 0 Å². The molecule has 6 heteroatoms. The normalized spacial score (nSPS) is 20.7. The summed E-state index contributed by atoms with van der Waals surface area (Å²) in [6.07, 6.45) is 13.6. The number of hydrogen-bond acceptors (Lipinski definition) is 3. The Balaban J connectivity index is 1.52. The van der Waals surface area contributed by atoms with Gasteiger partial charge in [-0.3, -0.25) is 10.2 Å². The maximum absolute atomic E-state index is 13.3. The molecule has 0 bridgehead atoms. The number of allylic oxidation sites excluding steroid dienone is 2. The predicted octanol–water partition coefficient (Wildman–Crippen LogP) is 4.01. The highest BCUT2D eigenvalue weighted by Crippen LogP contribution is 2.27. The molecule has 148 valence electrons. The molecule has 1 aromatic heterocycles. The summed E-state index contributed by atoms with van der Waals surface area (Å²) in [5.74, 6) is -0.461. The molecule has 1 heterocycles. The Hall–Kier alpha value is -2.47. The lowest BCUT2D eigenvalue weighted by atomic mass is 9.95. The van der Waals surface area contributed by atoms with Crippen LogP contribution >= 0.6 is 0 Å². The van der Waals surface area contributed by atoms with Crippen LogP contribution in [0.25, 0.3) is 5.69 Å². The zero-order chi connectivity index (χ0) is 19.3. The third-order valence-electron chi connectivity index (χ3n) is 5.63. The van der Waals surface area contributed by atoms with Crippen LogP contribution in [0.2, 0.25) is 0 Å². The predicted molar refractivity (Wildman–Crippen MR) is 107 cm³/mol. The molecule has 2 N–H and O–H groups in total. The first kappa shape index (κ1) is 18.9. The van der Waals surface area contributed by atoms with Crippen molar-refractivity contribution in [2.75, 3.05) is 0 Å². The number of aromatic nitrogens is 2. The molecule has 0 saturated carbocycles. The molecule has 1 amide bonds. The molecular weight excluding hydrogens is 355 g/mol. The monoisotopic (exact) mass is 382 g/mol. The summed E-state index contributed by atoms with van der Waals surface area (Å²) in [6.45, 7) is 0. The summed E-state index contributed by atoms with van der Waals surface area (Å²) >= 11 is 0. The number of amides is 1. The lowest BCUT2D eigenvalue weighted by molar-refractivity contribution is 0.0916. The van der Waals surface area contributed by atoms with E-state index in [4.69, 9.17) is 0 Å². The molecule has 0 aliphatic heterocycles. The Morgan fingerprint density at radius 2 is 1.82 bits per heavy atom. The molecule has 1 unspecified atom stereocenters. The molecule has 4 rings (SSSR count). The first-order chi connectivity index (χ1) is 13.7. The summed E-state index contributed by atoms with van der Waals surface area (Å²) in [5, 5.41) is 4.62. The van der Waals surface area contributed by atoms with Gasteiger partial charge in [0.1, 0.15) is 5.82 Å². The number of halogens is 1. The molecule has 0 spiro atoms. The van der Waals surface area contributed by atoms with E-state index in [1.807, 2.05) is 4.68 Å². The lowest BCUT2D eigenvalue weighted by Gasteiger charge is -2.19. The Bertz CT molecular complexity index is 856. The largest absolute Gasteiger partial charge is 0.286 e. The van der Waals surface area contributed by atoms with E-state index in [1.165, 1.54) is 12.1 Å². The van der Waals surface area contributed by atoms with Crippen LogP contribution in [0.4, 0.5) is 4.39 Å². The fourth-order valence-corrected chi connectivity index (χ4v) is 4.11. The van der Waals surface area contributed by atoms with Gasteiger partial charge in [0.25, 0.3) is 5.91 Å². The molecular formula is C22H27FN4O. The number of carbonyl (C=O) groups is 1. The average molecular weight is 382 g/mol. The van der Waals surface area contributed by atoms with Gasteiger partial charge < -0.3 is 0 Å². The second-order valence-corrected chi connectivity index (χ2v) is 7.64. The van der Waals surface area contributed by atoms with Crippen LogP contribution in [-0.4, -0.2) is 21.7 Å². The summed E-state index contributed by atoms with van der Waals surface area (Å²) in [7, 11) is 0. The van der Waals surface area contributed by atoms with Crippen molar-refractivity contribution >= 4 is 5.91 Å². The molecule has 0 saturated heterocycles. The van der Waals surface area contributed by atoms with E-state index < -0.39 is 0 Å². The summed E-state index contributed by atoms with van der Waals surface area (Å²) in [4.78, 5) is 12.9. The highest BCUT2D eigenvalue weighted by atomic mass is 19.1. The number of benzene rings is 1. The van der Waals surface area contributed by atoms with Crippen molar-refractivity contribution in [3.05, 3.63) is 59.2 Å². The number of fused-ring (bicyclic) bond motifs is 1. The van der Waals surface area contributed by atoms with Crippen LogP contribution in [-0.2, 0) is 12.8 Å². The van der Waals surface area contributed by atoms with E-state index in [9.17, 15) is 9.18 Å². The summed E-state index contributed by atoms with van der Waals surface area (Å²) in [5.41, 5.74) is 9.48. The van der Waals surface area contributed by atoms with E-state index >= 15 is 0 Å². The zero-order valence-corrected chi connectivity index (χ0v) is 16.1. The van der Waals surface area contributed by atoms with Gasteiger partial charge in [-0.2, -0.15) is 5.10 Å². The van der Waals surface area contributed by atoms with Gasteiger partial charge in [-0.25, -0.2) is 14.5 Å². The Kier molecular flexibility index (Phi) is 5.86. The van der Waals surface area contributed by atoms with Crippen LogP contribution in [0.5, 0.6) is 0 Å². The minimum absolute atomic E-state index is 0.184. The third-order valence-corrected chi connectivity index (χ3v) is 5.63. The fourth-order valence-electron chi connectivity index (χ4n) is 4.11. The summed E-state index contributed by atoms with van der Waals surface area (Å²) in [6, 6.07) is 6.55. The van der Waals surface area contributed by atoms with Crippen molar-refractivity contribution in [3.63, 3.8) is 0 Å². The van der Waals surface area contributed by atoms with Gasteiger partial charge in [0.15, 0.2) is 5.69 Å². The van der Waals surface area contributed by atoms with Gasteiger partial charge >= 0.3 is 0 Å². The second kappa shape index (κ2) is 8.69. The second-order valence-electron chi connectivity index (χ2n) is 7.64. The molecule has 5 nitrogen and oxygen atoms in total. The minimum Gasteiger partial charge on any atom is -0.286 e. The maximum atomic E-state index is 13.3. The topological polar surface area (TPSA) is 59.0 Å². The molecule has 2 aliphatic rings. The average Bonchev–Trinajstić information content (AvgIpc) is 3.07. The van der Waals surface area contributed by atoms with Crippen LogP contribution in [0, 0.1) is 5.82 Å². The smallest absolute Gasteiger partial charge is 0.286 e. The minimum atomic E-state index is -0.277. The number of carbonyl (C=O) groups excluding carboxylic acids is 1. The van der Waals surface area contributed by atoms with Crippen molar-refractivity contribution in [2.45, 2.75) is 63.8 Å². The fraction of sp³-hybridized carbons (Fsp3) is 0.455. The number of nitrogens with zero attached hydrogens (tertiary/aromatic N) is 2. The number of nitrogens with one attached hydrogen (secondary N) is 2. The van der Waals surface area contributed by atoms with Gasteiger partial charge in [0.2, 0.25) is 0 Å². The molecule has 1 aromatic carbocycles. The van der Waals surface area contributed by atoms with E-state index in [-0.39, 0.29) is 17.8 Å². The van der Waals surface area contributed by atoms with Crippen LogP contribution in [0.15, 0.2) is 36.4 Å². The first-order valence-corrected chi connectivity index (χ1v) is 10.3. The number of hydrogen-bond donors (Lipinski definition) is 2. The molecule has 2 aromatic rings. The van der Waals surface area contributed by atoms with Gasteiger partial charge in [0, 0.05) is 17.3 Å². The van der Waals surface area contributed by atoms with E-state index in [2.05, 4.69) is 28.1 Å². The standard InChI is InChI=1S/C22H27FN4O/c23-16-12-14-18(15-13-16)27-20-11-7-6-10-19(20)21(26-27)22(28)25-24-17-8-4-2-1-3-5-9-17/h1-2,12-15,17,24H,3-11H2,(H,25,28)/b2-1-. The van der Waals surface area contributed by atoms with E-state index in [1.54, 1.807) is 12.1 Å². The van der Waals surface area contributed by atoms with Gasteiger partial charge in [-0.05, 0) is 82.1 Å². The van der Waals surface area contributed by atoms with Crippen molar-refractivity contribution in [1.29, 1.82) is 0 Å². The van der Waals surface area contributed by atoms with Crippen LogP contribution < -0.4 is 10.9 Å². The maximum Gasteiger partial charge on any atom is 0.286 e. The highest BCUT2D eigenvalue weighted by molar-refractivity contribution is 5.93. The quantitative estimate of drug-likeness (QED) is 0.620. The molecule has 0 fully saturated rings. The van der Waals surface area contributed by atoms with Crippen LogP contribution in [0.1, 0.15) is 66.7 Å². The van der Waals surface area contributed by atoms with E-state index in [0.29, 0.717) is 5.69 Å². The Morgan fingerprint density at radius 3 is 2.68 bits per heavy atom. The first-order valence-electron chi connectivity index (χ1n) is 10.3. The Morgan fingerprint density at radius 1 is 1.04 bits per heavy atom. The van der Waals surface area contributed by atoms with Crippen molar-refractivity contribution < 1.29 is 9.18 Å². The summed E-state index contributed by atoms with van der Waals surface area (Å²) < 4.78 is 15.1. The number of rotatable bonds is 4. The van der Waals surface area contributed by atoms with Gasteiger partial charge in [0.05, 0.1) is 5.69 Å². The van der Waals surface area contributed by atoms with Crippen molar-refractivity contribution in [1.82, 2.24) is 20.6 Å². The Labute approximate surface area is 165 Å². The van der Waals surface area contributed by atoms with Crippen molar-refractivity contribution in [3.8, 4) is 5.69 Å². The third kappa shape index (κ3) is 4.17. The SMILES string of the molecule is O=C(NNC1CC/C=C\CCC1)c1nn(-c2ccc(F)cc2)c2c1CCCC2. The molecule has 1 atom stereocenters.